The van der Waals surface area contributed by atoms with E-state index in [0.717, 1.165) is 49.6 Å². The van der Waals surface area contributed by atoms with E-state index in [4.69, 9.17) is 40.3 Å². The first-order valence-electron chi connectivity index (χ1n) is 15.9. The van der Waals surface area contributed by atoms with Crippen LogP contribution in [0.5, 0.6) is 17.2 Å². The first kappa shape index (κ1) is 30.2. The third-order valence-corrected chi connectivity index (χ3v) is 9.92. The van der Waals surface area contributed by atoms with Gasteiger partial charge >= 0.3 is 5.97 Å². The van der Waals surface area contributed by atoms with Crippen LogP contribution in [0.2, 0.25) is 5.02 Å². The third kappa shape index (κ3) is 5.33. The minimum Gasteiger partial charge on any atom is -0.494 e. The molecule has 0 aliphatic carbocycles. The van der Waals surface area contributed by atoms with Crippen LogP contribution in [0, 0.1) is 0 Å². The van der Waals surface area contributed by atoms with Crippen molar-refractivity contribution in [3.63, 3.8) is 0 Å². The van der Waals surface area contributed by atoms with Crippen molar-refractivity contribution < 1.29 is 33.6 Å². The quantitative estimate of drug-likeness (QED) is 0.283. The SMILES string of the molecule is COc1cc(C(=O)O)cc2c1nc(CN1CCN(c3cccc4c3O[C@@](C)(c3ccc(Cl)cn3)O4)[C@H]3COC[C@H]31)n2C[C@@H]1CCCO1. The van der Waals surface area contributed by atoms with Crippen molar-refractivity contribution >= 4 is 34.3 Å². The van der Waals surface area contributed by atoms with Gasteiger partial charge in [0.2, 0.25) is 0 Å². The maximum absolute atomic E-state index is 12.0. The van der Waals surface area contributed by atoms with Gasteiger partial charge in [0.1, 0.15) is 22.8 Å². The molecule has 6 heterocycles. The maximum Gasteiger partial charge on any atom is 0.335 e. The number of fused-ring (bicyclic) bond motifs is 3. The Labute approximate surface area is 276 Å². The Bertz CT molecular complexity index is 1830. The van der Waals surface area contributed by atoms with Crippen LogP contribution in [0.1, 0.15) is 41.6 Å². The van der Waals surface area contributed by atoms with Crippen molar-refractivity contribution in [1.82, 2.24) is 19.4 Å². The molecule has 4 atom stereocenters. The van der Waals surface area contributed by atoms with Gasteiger partial charge in [-0.25, -0.2) is 9.78 Å². The lowest BCUT2D eigenvalue weighted by molar-refractivity contribution is -0.0716. The van der Waals surface area contributed by atoms with E-state index in [0.29, 0.717) is 59.8 Å². The molecule has 13 heteroatoms. The summed E-state index contributed by atoms with van der Waals surface area (Å²) in [4.78, 5) is 26.3. The molecule has 12 nitrogen and oxygen atoms in total. The number of carboxylic acid groups (broad SMARTS) is 1. The van der Waals surface area contributed by atoms with Crippen molar-refractivity contribution in [3.05, 3.63) is 70.8 Å². The zero-order valence-electron chi connectivity index (χ0n) is 26.2. The molecule has 246 valence electrons. The summed E-state index contributed by atoms with van der Waals surface area (Å²) in [7, 11) is 1.54. The van der Waals surface area contributed by atoms with Crippen LogP contribution in [0.15, 0.2) is 48.7 Å². The van der Waals surface area contributed by atoms with Gasteiger partial charge in [-0.05, 0) is 49.2 Å². The van der Waals surface area contributed by atoms with Crippen molar-refractivity contribution in [2.45, 2.75) is 56.8 Å². The minimum absolute atomic E-state index is 0.0428. The van der Waals surface area contributed by atoms with Gasteiger partial charge in [-0.2, -0.15) is 0 Å². The fourth-order valence-corrected chi connectivity index (χ4v) is 7.46. The first-order chi connectivity index (χ1) is 22.8. The van der Waals surface area contributed by atoms with Crippen LogP contribution in [-0.2, 0) is 28.4 Å². The number of hydrogen-bond donors (Lipinski definition) is 1. The predicted octanol–water partition coefficient (Wildman–Crippen LogP) is 4.70. The Morgan fingerprint density at radius 1 is 1.15 bits per heavy atom. The highest BCUT2D eigenvalue weighted by Gasteiger charge is 2.46. The van der Waals surface area contributed by atoms with Gasteiger partial charge in [-0.15, -0.1) is 0 Å². The number of carbonyl (C=O) groups is 1. The zero-order valence-corrected chi connectivity index (χ0v) is 27.0. The molecule has 2 aromatic heterocycles. The fraction of sp³-hybridized carbons (Fsp3) is 0.441. The summed E-state index contributed by atoms with van der Waals surface area (Å²) in [6, 6.07) is 13.0. The standard InChI is InChI=1S/C34H36ClN5O7/c1-34(29-9-8-21(35)15-36-29)46-27-7-3-6-23(32(27)47-34)39-11-10-38(25-18-44-19-26(25)39)17-30-37-31-24(40(30)16-22-5-4-12-45-22)13-20(33(41)42)14-28(31)43-2/h3,6-9,13-15,22,25-26H,4-5,10-12,16-19H2,1-2H3,(H,41,42)/t22-,25+,26-,34-/m0/s1. The molecule has 2 aromatic carbocycles. The van der Waals surface area contributed by atoms with E-state index in [2.05, 4.69) is 25.4 Å². The Hall–Kier alpha value is -4.10. The molecular formula is C34H36ClN5O7. The van der Waals surface area contributed by atoms with E-state index in [-0.39, 0.29) is 23.8 Å². The molecular weight excluding hydrogens is 626 g/mol. The molecule has 0 saturated carbocycles. The predicted molar refractivity (Wildman–Crippen MR) is 173 cm³/mol. The Morgan fingerprint density at radius 3 is 2.79 bits per heavy atom. The summed E-state index contributed by atoms with van der Waals surface area (Å²) in [5.41, 5.74) is 3.14. The Kier molecular flexibility index (Phi) is 7.63. The van der Waals surface area contributed by atoms with Crippen LogP contribution in [-0.4, -0.2) is 88.7 Å². The van der Waals surface area contributed by atoms with Crippen molar-refractivity contribution in [1.29, 1.82) is 0 Å². The number of rotatable bonds is 8. The van der Waals surface area contributed by atoms with E-state index in [9.17, 15) is 9.90 Å². The molecule has 3 saturated heterocycles. The highest BCUT2D eigenvalue weighted by atomic mass is 35.5. The monoisotopic (exact) mass is 661 g/mol. The number of pyridine rings is 1. The summed E-state index contributed by atoms with van der Waals surface area (Å²) in [6.07, 6.45) is 3.59. The second-order valence-electron chi connectivity index (χ2n) is 12.6. The number of carboxylic acids is 1. The van der Waals surface area contributed by atoms with Gasteiger partial charge in [-0.3, -0.25) is 9.88 Å². The van der Waals surface area contributed by atoms with Gasteiger partial charge in [0.15, 0.2) is 11.5 Å². The van der Waals surface area contributed by atoms with E-state index < -0.39 is 11.8 Å². The zero-order chi connectivity index (χ0) is 32.3. The smallest absolute Gasteiger partial charge is 0.335 e. The number of halogens is 1. The van der Waals surface area contributed by atoms with Crippen LogP contribution in [0.25, 0.3) is 11.0 Å². The molecule has 1 N–H and O–H groups in total. The van der Waals surface area contributed by atoms with Gasteiger partial charge in [0, 0.05) is 32.8 Å². The molecule has 0 radical (unpaired) electrons. The van der Waals surface area contributed by atoms with Gasteiger partial charge in [-0.1, -0.05) is 17.7 Å². The van der Waals surface area contributed by atoms with Gasteiger partial charge in [0.05, 0.1) is 73.4 Å². The second kappa shape index (κ2) is 11.9. The number of aromatic carboxylic acids is 1. The van der Waals surface area contributed by atoms with Crippen molar-refractivity contribution in [2.75, 3.05) is 44.9 Å². The molecule has 0 unspecified atom stereocenters. The van der Waals surface area contributed by atoms with E-state index in [1.807, 2.05) is 25.1 Å². The third-order valence-electron chi connectivity index (χ3n) is 9.70. The summed E-state index contributed by atoms with van der Waals surface area (Å²) < 4.78 is 32.7. The lowest BCUT2D eigenvalue weighted by Crippen LogP contribution is -2.59. The molecule has 47 heavy (non-hydrogen) atoms. The maximum atomic E-state index is 12.0. The lowest BCUT2D eigenvalue weighted by atomic mass is 10.0. The van der Waals surface area contributed by atoms with Crippen LogP contribution in [0.3, 0.4) is 0 Å². The number of para-hydroxylation sites is 1. The number of imidazole rings is 1. The minimum atomic E-state index is -1.08. The molecule has 3 fully saturated rings. The molecule has 0 spiro atoms. The van der Waals surface area contributed by atoms with E-state index >= 15 is 0 Å². The summed E-state index contributed by atoms with van der Waals surface area (Å²) in [5, 5.41) is 10.4. The largest absolute Gasteiger partial charge is 0.494 e. The fourth-order valence-electron chi connectivity index (χ4n) is 7.35. The summed E-state index contributed by atoms with van der Waals surface area (Å²) in [6.45, 7) is 6.40. The number of nitrogens with zero attached hydrogens (tertiary/aromatic N) is 5. The average molecular weight is 662 g/mol. The number of benzene rings is 2. The number of anilines is 1. The van der Waals surface area contributed by atoms with Crippen LogP contribution < -0.4 is 19.1 Å². The van der Waals surface area contributed by atoms with Crippen molar-refractivity contribution in [3.8, 4) is 17.2 Å². The number of piperazine rings is 1. The molecule has 4 aliphatic rings. The molecule has 4 aliphatic heterocycles. The highest BCUT2D eigenvalue weighted by molar-refractivity contribution is 6.30. The summed E-state index contributed by atoms with van der Waals surface area (Å²) >= 11 is 6.09. The average Bonchev–Trinajstić information content (AvgIpc) is 3.88. The Morgan fingerprint density at radius 2 is 2.02 bits per heavy atom. The van der Waals surface area contributed by atoms with Gasteiger partial charge < -0.3 is 38.3 Å². The summed E-state index contributed by atoms with van der Waals surface area (Å²) in [5.74, 6) is 0.548. The number of methoxy groups -OCH3 is 1. The highest BCUT2D eigenvalue weighted by Crippen LogP contribution is 2.50. The second-order valence-corrected chi connectivity index (χ2v) is 13.0. The molecule has 0 bridgehead atoms. The first-order valence-corrected chi connectivity index (χ1v) is 16.3. The molecule has 0 amide bonds. The van der Waals surface area contributed by atoms with E-state index in [1.165, 1.54) is 6.07 Å². The molecule has 8 rings (SSSR count). The number of aromatic nitrogens is 3. The van der Waals surface area contributed by atoms with Crippen LogP contribution >= 0.6 is 11.6 Å². The number of ether oxygens (including phenoxy) is 5. The number of hydrogen-bond acceptors (Lipinski definition) is 10. The normalized spacial score (nSPS) is 25.4. The van der Waals surface area contributed by atoms with E-state index in [1.54, 1.807) is 25.4 Å². The van der Waals surface area contributed by atoms with Gasteiger partial charge in [0.25, 0.3) is 5.79 Å². The topological polar surface area (TPSA) is 121 Å². The lowest BCUT2D eigenvalue weighted by Gasteiger charge is -2.44. The Balaban J connectivity index is 1.09. The van der Waals surface area contributed by atoms with Crippen LogP contribution in [0.4, 0.5) is 5.69 Å². The van der Waals surface area contributed by atoms with Crippen molar-refractivity contribution in [2.24, 2.45) is 0 Å². The molecule has 4 aromatic rings.